The van der Waals surface area contributed by atoms with Crippen molar-refractivity contribution in [1.29, 1.82) is 5.26 Å². The molecule has 4 aliphatic rings. The van der Waals surface area contributed by atoms with Crippen molar-refractivity contribution >= 4 is 17.9 Å². The summed E-state index contributed by atoms with van der Waals surface area (Å²) in [5.41, 5.74) is 0.939. The van der Waals surface area contributed by atoms with Gasteiger partial charge in [-0.3, -0.25) is 4.90 Å². The van der Waals surface area contributed by atoms with Crippen molar-refractivity contribution in [1.82, 2.24) is 10.1 Å². The fraction of sp³-hybridized carbons (Fsp3) is 0.500. The van der Waals surface area contributed by atoms with E-state index >= 15 is 0 Å². The molecule has 5 atom stereocenters. The van der Waals surface area contributed by atoms with Crippen molar-refractivity contribution in [3.8, 4) is 11.9 Å². The van der Waals surface area contributed by atoms with Crippen LogP contribution in [-0.2, 0) is 20.7 Å². The molecule has 1 aliphatic carbocycles. The number of aromatic nitrogens is 1. The molecule has 6 rings (SSSR count). The summed E-state index contributed by atoms with van der Waals surface area (Å²) >= 11 is 0. The maximum absolute atomic E-state index is 12.7. The molecular weight excluding hydrogens is 440 g/mol. The second kappa shape index (κ2) is 6.44. The first kappa shape index (κ1) is 20.8. The van der Waals surface area contributed by atoms with Crippen molar-refractivity contribution in [2.45, 2.75) is 50.5 Å². The van der Waals surface area contributed by atoms with Crippen LogP contribution < -0.4 is 9.64 Å². The number of fused-ring (bicyclic) bond motifs is 3. The summed E-state index contributed by atoms with van der Waals surface area (Å²) in [4.78, 5) is 28.3. The lowest BCUT2D eigenvalue weighted by molar-refractivity contribution is -0.170. The number of hydrogen-bond donors (Lipinski definition) is 0. The molecule has 176 valence electrons. The Morgan fingerprint density at radius 2 is 1.88 bits per heavy atom. The Bertz CT molecular complexity index is 1230. The average molecular weight is 464 g/mol. The molecule has 2 saturated heterocycles. The molecule has 3 aliphatic heterocycles. The highest BCUT2D eigenvalue weighted by molar-refractivity contribution is 5.91. The van der Waals surface area contributed by atoms with Crippen LogP contribution in [-0.4, -0.2) is 47.0 Å². The number of nitrogens with zero attached hydrogens (tertiary/aromatic N) is 4. The zero-order chi connectivity index (χ0) is 24.0. The van der Waals surface area contributed by atoms with Crippen molar-refractivity contribution in [3.05, 3.63) is 41.7 Å². The van der Waals surface area contributed by atoms with E-state index in [2.05, 4.69) is 11.2 Å². The van der Waals surface area contributed by atoms with Gasteiger partial charge >= 0.3 is 18.0 Å². The van der Waals surface area contributed by atoms with E-state index < -0.39 is 28.9 Å². The predicted octanol–water partition coefficient (Wildman–Crippen LogP) is 3.52. The Balaban J connectivity index is 1.19. The fourth-order valence-electron chi connectivity index (χ4n) is 5.65. The van der Waals surface area contributed by atoms with Gasteiger partial charge in [0.1, 0.15) is 23.5 Å². The molecule has 2 amide bonds. The number of ether oxygens (including phenoxy) is 3. The minimum Gasteiger partial charge on any atom is -0.444 e. The van der Waals surface area contributed by atoms with Gasteiger partial charge in [0.15, 0.2) is 0 Å². The van der Waals surface area contributed by atoms with Crippen molar-refractivity contribution in [2.75, 3.05) is 18.0 Å². The lowest BCUT2D eigenvalue weighted by Crippen LogP contribution is -2.51. The van der Waals surface area contributed by atoms with Gasteiger partial charge in [0.05, 0.1) is 11.5 Å². The van der Waals surface area contributed by atoms with Gasteiger partial charge in [0, 0.05) is 30.6 Å². The molecule has 1 saturated carbocycles. The van der Waals surface area contributed by atoms with E-state index in [0.29, 0.717) is 30.2 Å². The number of carbonyl (C=O) groups is 2. The van der Waals surface area contributed by atoms with Crippen LogP contribution in [0.2, 0.25) is 0 Å². The topological polar surface area (TPSA) is 118 Å². The Morgan fingerprint density at radius 1 is 1.21 bits per heavy atom. The molecule has 1 spiro atoms. The third kappa shape index (κ3) is 2.58. The van der Waals surface area contributed by atoms with Crippen LogP contribution in [0.4, 0.5) is 15.3 Å². The van der Waals surface area contributed by atoms with Gasteiger partial charge in [-0.1, -0.05) is 12.1 Å². The fourth-order valence-corrected chi connectivity index (χ4v) is 5.65. The van der Waals surface area contributed by atoms with E-state index in [4.69, 9.17) is 18.7 Å². The average Bonchev–Trinajstić information content (AvgIpc) is 3.14. The minimum atomic E-state index is -1.22. The van der Waals surface area contributed by atoms with Gasteiger partial charge in [-0.15, -0.1) is 0 Å². The molecule has 34 heavy (non-hydrogen) atoms. The number of amides is 2. The zero-order valence-corrected chi connectivity index (χ0v) is 19.3. The molecular formula is C24H24N4O6. The smallest absolute Gasteiger partial charge is 0.418 e. The third-order valence-corrected chi connectivity index (χ3v) is 7.37. The summed E-state index contributed by atoms with van der Waals surface area (Å²) in [5, 5.41) is 13.8. The Morgan fingerprint density at radius 3 is 2.47 bits per heavy atom. The highest BCUT2D eigenvalue weighted by Crippen LogP contribution is 2.63. The lowest BCUT2D eigenvalue weighted by atomic mass is 9.91. The number of anilines is 1. The summed E-state index contributed by atoms with van der Waals surface area (Å²) in [7, 11) is 0. The molecule has 2 aromatic rings. The SMILES string of the molecule is CC1N(c2ccc([C@]3(C#N)[C@@H]4CN(C(=O)OC(C)(C)C)C[C@@H]43)cc2)C(=O)O[C@@]12Oc1nocc12. The van der Waals surface area contributed by atoms with E-state index in [-0.39, 0.29) is 17.9 Å². The summed E-state index contributed by atoms with van der Waals surface area (Å²) in [6, 6.07) is 9.46. The van der Waals surface area contributed by atoms with E-state index in [1.807, 2.05) is 52.0 Å². The maximum Gasteiger partial charge on any atom is 0.418 e. The van der Waals surface area contributed by atoms with Gasteiger partial charge in [0.25, 0.3) is 5.88 Å². The van der Waals surface area contributed by atoms with Crippen LogP contribution >= 0.6 is 0 Å². The van der Waals surface area contributed by atoms with Gasteiger partial charge in [0.2, 0.25) is 0 Å². The maximum atomic E-state index is 12.7. The molecule has 10 nitrogen and oxygen atoms in total. The molecule has 1 aromatic carbocycles. The quantitative estimate of drug-likeness (QED) is 0.662. The molecule has 10 heteroatoms. The van der Waals surface area contributed by atoms with Crippen molar-refractivity contribution in [2.24, 2.45) is 11.8 Å². The first-order valence-electron chi connectivity index (χ1n) is 11.3. The molecule has 0 radical (unpaired) electrons. The predicted molar refractivity (Wildman–Crippen MR) is 116 cm³/mol. The number of hydrogen-bond acceptors (Lipinski definition) is 8. The number of benzene rings is 1. The van der Waals surface area contributed by atoms with Gasteiger partial charge in [-0.05, 0) is 50.5 Å². The van der Waals surface area contributed by atoms with E-state index in [9.17, 15) is 14.9 Å². The van der Waals surface area contributed by atoms with Crippen LogP contribution in [0.5, 0.6) is 5.88 Å². The molecule has 4 heterocycles. The van der Waals surface area contributed by atoms with E-state index in [0.717, 1.165) is 5.56 Å². The minimum absolute atomic E-state index is 0.0604. The molecule has 3 fully saturated rings. The normalized spacial score (nSPS) is 32.9. The standard InChI is InChI=1S/C24H24N4O6/c1-13-24(18-11-31-26-19(18)32-24)34-21(30)28(13)15-7-5-14(6-8-15)23(12-25)16-9-27(10-17(16)23)20(29)33-22(2,3)4/h5-8,11,13,16-17H,9-10H2,1-4H3/t13?,16-,17+,23-,24-/m0/s1. The van der Waals surface area contributed by atoms with Crippen LogP contribution in [0, 0.1) is 23.2 Å². The Hall–Kier alpha value is -3.74. The van der Waals surface area contributed by atoms with E-state index in [1.165, 1.54) is 11.2 Å². The number of piperidine rings is 1. The number of carbonyl (C=O) groups excluding carboxylic acids is 2. The zero-order valence-electron chi connectivity index (χ0n) is 19.3. The highest BCUT2D eigenvalue weighted by atomic mass is 16.8. The summed E-state index contributed by atoms with van der Waals surface area (Å²) < 4.78 is 21.6. The van der Waals surface area contributed by atoms with Crippen molar-refractivity contribution in [3.63, 3.8) is 0 Å². The lowest BCUT2D eigenvalue weighted by Gasteiger charge is -2.37. The largest absolute Gasteiger partial charge is 0.444 e. The highest BCUT2D eigenvalue weighted by Gasteiger charge is 2.71. The van der Waals surface area contributed by atoms with Gasteiger partial charge in [-0.2, -0.15) is 5.26 Å². The van der Waals surface area contributed by atoms with Crippen LogP contribution in [0.15, 0.2) is 35.1 Å². The van der Waals surface area contributed by atoms with Crippen LogP contribution in [0.25, 0.3) is 0 Å². The summed E-state index contributed by atoms with van der Waals surface area (Å²) in [5.74, 6) is -0.777. The Labute approximate surface area is 195 Å². The van der Waals surface area contributed by atoms with Crippen molar-refractivity contribution < 1.29 is 28.3 Å². The van der Waals surface area contributed by atoms with Gasteiger partial charge < -0.3 is 23.6 Å². The molecule has 1 aromatic heterocycles. The molecule has 1 unspecified atom stereocenters. The molecule has 0 bridgehead atoms. The number of likely N-dealkylation sites (tertiary alicyclic amines) is 1. The second-order valence-electron chi connectivity index (χ2n) is 10.3. The summed E-state index contributed by atoms with van der Waals surface area (Å²) in [6.07, 6.45) is 0.558. The third-order valence-electron chi connectivity index (χ3n) is 7.37. The number of nitriles is 1. The Kier molecular flexibility index (Phi) is 3.94. The van der Waals surface area contributed by atoms with Gasteiger partial charge in [-0.25, -0.2) is 9.59 Å². The van der Waals surface area contributed by atoms with E-state index in [1.54, 1.807) is 4.90 Å². The number of rotatable bonds is 2. The summed E-state index contributed by atoms with van der Waals surface area (Å²) in [6.45, 7) is 8.33. The first-order valence-corrected chi connectivity index (χ1v) is 11.3. The first-order chi connectivity index (χ1) is 16.1. The van der Waals surface area contributed by atoms with Crippen LogP contribution in [0.1, 0.15) is 38.8 Å². The second-order valence-corrected chi connectivity index (χ2v) is 10.3. The monoisotopic (exact) mass is 464 g/mol. The van der Waals surface area contributed by atoms with Crippen LogP contribution in [0.3, 0.4) is 0 Å². The molecule has 0 N–H and O–H groups in total.